The van der Waals surface area contributed by atoms with Crippen LogP contribution in [0.3, 0.4) is 0 Å². The van der Waals surface area contributed by atoms with Crippen LogP contribution in [-0.4, -0.2) is 32.1 Å². The van der Waals surface area contributed by atoms with Gasteiger partial charge in [-0.05, 0) is 42.5 Å². The maximum Gasteiger partial charge on any atom is 0.262 e. The molecule has 30 heavy (non-hydrogen) atoms. The molecule has 0 atom stereocenters. The van der Waals surface area contributed by atoms with E-state index in [1.54, 1.807) is 54.6 Å². The Hall–Kier alpha value is -4.00. The van der Waals surface area contributed by atoms with E-state index < -0.39 is 0 Å². The van der Waals surface area contributed by atoms with E-state index in [1.165, 1.54) is 7.11 Å². The first-order valence-electron chi connectivity index (χ1n) is 9.27. The highest BCUT2D eigenvalue weighted by atomic mass is 16.5. The van der Waals surface area contributed by atoms with Gasteiger partial charge in [-0.25, -0.2) is 0 Å². The molecule has 2 N–H and O–H groups in total. The van der Waals surface area contributed by atoms with E-state index in [9.17, 15) is 9.59 Å². The number of nitrogens with one attached hydrogen (secondary N) is 2. The second kappa shape index (κ2) is 10.5. The number of carbonyl (C=O) groups is 2. The van der Waals surface area contributed by atoms with Gasteiger partial charge in [0.1, 0.15) is 5.75 Å². The number of hydrogen-bond donors (Lipinski definition) is 2. The molecule has 0 aliphatic heterocycles. The molecule has 0 aliphatic rings. The van der Waals surface area contributed by atoms with Crippen molar-refractivity contribution < 1.29 is 23.8 Å². The fourth-order valence-electron chi connectivity index (χ4n) is 2.62. The molecule has 7 nitrogen and oxygen atoms in total. The minimum atomic E-state index is -0.336. The summed E-state index contributed by atoms with van der Waals surface area (Å²) in [5.74, 6) is 1.00. The molecule has 0 bridgehead atoms. The first-order chi connectivity index (χ1) is 14.6. The molecule has 0 aromatic heterocycles. The summed E-state index contributed by atoms with van der Waals surface area (Å²) >= 11 is 0. The van der Waals surface area contributed by atoms with Gasteiger partial charge in [0, 0.05) is 11.4 Å². The van der Waals surface area contributed by atoms with E-state index in [4.69, 9.17) is 14.2 Å². The summed E-state index contributed by atoms with van der Waals surface area (Å²) in [5, 5.41) is 5.47. The normalized spacial score (nSPS) is 10.0. The molecule has 154 valence electrons. The first kappa shape index (κ1) is 20.7. The Morgan fingerprint density at radius 3 is 1.90 bits per heavy atom. The number of anilines is 2. The van der Waals surface area contributed by atoms with Gasteiger partial charge in [-0.15, -0.1) is 0 Å². The molecular weight excluding hydrogens is 384 g/mol. The Balaban J connectivity index is 1.49. The third-order valence-corrected chi connectivity index (χ3v) is 3.97. The third kappa shape index (κ3) is 6.27. The maximum absolute atomic E-state index is 12.2. The molecule has 3 aromatic carbocycles. The molecule has 7 heteroatoms. The number of benzene rings is 3. The Morgan fingerprint density at radius 1 is 0.700 bits per heavy atom. The van der Waals surface area contributed by atoms with Gasteiger partial charge in [-0.1, -0.05) is 36.4 Å². The van der Waals surface area contributed by atoms with Gasteiger partial charge >= 0.3 is 0 Å². The maximum atomic E-state index is 12.2. The lowest BCUT2D eigenvalue weighted by molar-refractivity contribution is -0.118. The van der Waals surface area contributed by atoms with Crippen LogP contribution >= 0.6 is 0 Å². The second-order valence-electron chi connectivity index (χ2n) is 6.22. The van der Waals surface area contributed by atoms with Crippen LogP contribution in [-0.2, 0) is 9.59 Å². The van der Waals surface area contributed by atoms with Crippen molar-refractivity contribution in [1.82, 2.24) is 0 Å². The summed E-state index contributed by atoms with van der Waals surface area (Å²) in [5.41, 5.74) is 1.07. The highest BCUT2D eigenvalue weighted by Crippen LogP contribution is 2.25. The summed E-state index contributed by atoms with van der Waals surface area (Å²) in [6.07, 6.45) is 0. The van der Waals surface area contributed by atoms with Crippen LogP contribution in [0.1, 0.15) is 0 Å². The minimum absolute atomic E-state index is 0.118. The summed E-state index contributed by atoms with van der Waals surface area (Å²) in [6.45, 7) is -0.296. The van der Waals surface area contributed by atoms with Crippen molar-refractivity contribution in [2.45, 2.75) is 0 Å². The molecule has 2 amide bonds. The Bertz CT molecular complexity index is 992. The Labute approximate surface area is 174 Å². The predicted octanol–water partition coefficient (Wildman–Crippen LogP) is 3.73. The first-order valence-corrected chi connectivity index (χ1v) is 9.27. The number of hydrogen-bond acceptors (Lipinski definition) is 5. The van der Waals surface area contributed by atoms with Crippen molar-refractivity contribution in [2.75, 3.05) is 31.0 Å². The van der Waals surface area contributed by atoms with Gasteiger partial charge in [-0.2, -0.15) is 0 Å². The van der Waals surface area contributed by atoms with E-state index in [0.29, 0.717) is 28.6 Å². The molecule has 3 aromatic rings. The average Bonchev–Trinajstić information content (AvgIpc) is 2.77. The van der Waals surface area contributed by atoms with Crippen molar-refractivity contribution >= 4 is 23.2 Å². The molecule has 0 saturated heterocycles. The molecule has 0 spiro atoms. The van der Waals surface area contributed by atoms with Gasteiger partial charge in [-0.3, -0.25) is 9.59 Å². The van der Waals surface area contributed by atoms with E-state index >= 15 is 0 Å². The lowest BCUT2D eigenvalue weighted by Crippen LogP contribution is -2.21. The quantitative estimate of drug-likeness (QED) is 0.566. The van der Waals surface area contributed by atoms with Gasteiger partial charge < -0.3 is 24.8 Å². The van der Waals surface area contributed by atoms with Crippen LogP contribution in [0.5, 0.6) is 17.2 Å². The summed E-state index contributed by atoms with van der Waals surface area (Å²) in [6, 6.07) is 23.0. The lowest BCUT2D eigenvalue weighted by atomic mass is 10.2. The van der Waals surface area contributed by atoms with Crippen LogP contribution in [0.25, 0.3) is 0 Å². The summed E-state index contributed by atoms with van der Waals surface area (Å²) in [7, 11) is 1.53. The SMILES string of the molecule is COc1ccccc1OCC(=O)Nc1cccc(NC(=O)COc2ccccc2)c1. The van der Waals surface area contributed by atoms with E-state index in [0.717, 1.165) is 0 Å². The van der Waals surface area contributed by atoms with Gasteiger partial charge in [0.05, 0.1) is 7.11 Å². The molecule has 3 rings (SSSR count). The van der Waals surface area contributed by atoms with Crippen LogP contribution in [0.4, 0.5) is 11.4 Å². The van der Waals surface area contributed by atoms with Crippen molar-refractivity contribution in [3.63, 3.8) is 0 Å². The third-order valence-electron chi connectivity index (χ3n) is 3.97. The number of amides is 2. The van der Waals surface area contributed by atoms with E-state index in [1.807, 2.05) is 24.3 Å². The van der Waals surface area contributed by atoms with E-state index in [2.05, 4.69) is 10.6 Å². The highest BCUT2D eigenvalue weighted by molar-refractivity contribution is 5.95. The van der Waals surface area contributed by atoms with Crippen molar-refractivity contribution in [3.8, 4) is 17.2 Å². The molecular formula is C23H22N2O5. The smallest absolute Gasteiger partial charge is 0.262 e. The zero-order valence-corrected chi connectivity index (χ0v) is 16.5. The highest BCUT2D eigenvalue weighted by Gasteiger charge is 2.09. The Kier molecular flexibility index (Phi) is 7.27. The van der Waals surface area contributed by atoms with Crippen LogP contribution in [0.15, 0.2) is 78.9 Å². The lowest BCUT2D eigenvalue weighted by Gasteiger charge is -2.11. The second-order valence-corrected chi connectivity index (χ2v) is 6.22. The van der Waals surface area contributed by atoms with E-state index in [-0.39, 0.29) is 25.0 Å². The monoisotopic (exact) mass is 406 g/mol. The van der Waals surface area contributed by atoms with Gasteiger partial charge in [0.2, 0.25) is 0 Å². The fraction of sp³-hybridized carbons (Fsp3) is 0.130. The van der Waals surface area contributed by atoms with Crippen molar-refractivity contribution in [3.05, 3.63) is 78.9 Å². The van der Waals surface area contributed by atoms with Crippen LogP contribution < -0.4 is 24.8 Å². The summed E-state index contributed by atoms with van der Waals surface area (Å²) in [4.78, 5) is 24.3. The van der Waals surface area contributed by atoms with Crippen molar-refractivity contribution in [2.24, 2.45) is 0 Å². The van der Waals surface area contributed by atoms with Gasteiger partial charge in [0.15, 0.2) is 24.7 Å². The largest absolute Gasteiger partial charge is 0.493 e. The molecule has 0 saturated carbocycles. The zero-order chi connectivity index (χ0) is 21.2. The number of rotatable bonds is 9. The summed E-state index contributed by atoms with van der Waals surface area (Å²) < 4.78 is 16.1. The zero-order valence-electron chi connectivity index (χ0n) is 16.5. The number of ether oxygens (including phenoxy) is 3. The van der Waals surface area contributed by atoms with Crippen LogP contribution in [0.2, 0.25) is 0 Å². The number of carbonyl (C=O) groups excluding carboxylic acids is 2. The molecule has 0 fully saturated rings. The molecule has 0 unspecified atom stereocenters. The molecule has 0 aliphatic carbocycles. The van der Waals surface area contributed by atoms with Crippen molar-refractivity contribution in [1.29, 1.82) is 0 Å². The predicted molar refractivity (Wildman–Crippen MR) is 114 cm³/mol. The number of methoxy groups -OCH3 is 1. The molecule has 0 heterocycles. The topological polar surface area (TPSA) is 85.9 Å². The average molecular weight is 406 g/mol. The fourth-order valence-corrected chi connectivity index (χ4v) is 2.62. The van der Waals surface area contributed by atoms with Gasteiger partial charge in [0.25, 0.3) is 11.8 Å². The Morgan fingerprint density at radius 2 is 1.27 bits per heavy atom. The standard InChI is InChI=1S/C23H22N2O5/c1-28-20-12-5-6-13-21(20)30-16-23(27)25-18-9-7-8-17(14-18)24-22(26)15-29-19-10-3-2-4-11-19/h2-14H,15-16H2,1H3,(H,24,26)(H,25,27). The minimum Gasteiger partial charge on any atom is -0.493 e. The van der Waals surface area contributed by atoms with Crippen LogP contribution in [0, 0.1) is 0 Å². The number of para-hydroxylation sites is 3. The molecule has 0 radical (unpaired) electrons.